The van der Waals surface area contributed by atoms with Crippen LogP contribution in [0.3, 0.4) is 0 Å². The Labute approximate surface area is 224 Å². The zero-order valence-corrected chi connectivity index (χ0v) is 22.2. The maximum Gasteiger partial charge on any atom is 0.341 e. The van der Waals surface area contributed by atoms with Crippen LogP contribution in [0.25, 0.3) is 22.5 Å². The molecule has 1 amide bonds. The number of thioether (sulfide) groups is 1. The lowest BCUT2D eigenvalue weighted by Crippen LogP contribution is -2.16. The highest BCUT2D eigenvalue weighted by molar-refractivity contribution is 7.99. The van der Waals surface area contributed by atoms with Crippen molar-refractivity contribution in [3.8, 4) is 22.5 Å². The Balaban J connectivity index is 1.49. The molecule has 0 aliphatic heterocycles. The summed E-state index contributed by atoms with van der Waals surface area (Å²) in [7, 11) is 3.08. The van der Waals surface area contributed by atoms with E-state index in [0.29, 0.717) is 42.2 Å². The monoisotopic (exact) mass is 566 g/mol. The second-order valence-corrected chi connectivity index (χ2v) is 10.3. The van der Waals surface area contributed by atoms with E-state index >= 15 is 0 Å². The number of nitrogens with zero attached hydrogens (tertiary/aromatic N) is 3. The van der Waals surface area contributed by atoms with Gasteiger partial charge in [0.1, 0.15) is 10.6 Å². The molecule has 0 bridgehead atoms. The number of halogens is 3. The number of hydrogen-bond acceptors (Lipinski definition) is 7. The Morgan fingerprint density at radius 3 is 2.46 bits per heavy atom. The predicted octanol–water partition coefficient (Wildman–Crippen LogP) is 6.69. The highest BCUT2D eigenvalue weighted by Crippen LogP contribution is 2.37. The van der Waals surface area contributed by atoms with E-state index in [1.165, 1.54) is 30.2 Å². The summed E-state index contributed by atoms with van der Waals surface area (Å²) in [6, 6.07) is 12.2. The van der Waals surface area contributed by atoms with Crippen LogP contribution in [0.15, 0.2) is 53.0 Å². The molecule has 0 radical (unpaired) electrons. The SMILES string of the molecule is COC(=O)c1c(-c2ccc(Cl)cc2)csc1NC(=O)CSc1nnc(-c2ccc(Cl)cc2Cl)n1C. The smallest absolute Gasteiger partial charge is 0.341 e. The van der Waals surface area contributed by atoms with Crippen LogP contribution >= 0.6 is 57.9 Å². The quantitative estimate of drug-likeness (QED) is 0.198. The maximum absolute atomic E-state index is 12.7. The number of esters is 1. The highest BCUT2D eigenvalue weighted by atomic mass is 35.5. The molecule has 35 heavy (non-hydrogen) atoms. The zero-order valence-electron chi connectivity index (χ0n) is 18.3. The first-order valence-corrected chi connectivity index (χ1v) is 13.0. The normalized spacial score (nSPS) is 10.9. The second kappa shape index (κ2) is 11.0. The van der Waals surface area contributed by atoms with Crippen molar-refractivity contribution in [1.29, 1.82) is 0 Å². The number of amides is 1. The minimum absolute atomic E-state index is 0.0507. The summed E-state index contributed by atoms with van der Waals surface area (Å²) < 4.78 is 6.70. The fourth-order valence-electron chi connectivity index (χ4n) is 3.24. The van der Waals surface area contributed by atoms with Crippen molar-refractivity contribution < 1.29 is 14.3 Å². The molecule has 7 nitrogen and oxygen atoms in total. The summed E-state index contributed by atoms with van der Waals surface area (Å²) in [6.07, 6.45) is 0. The molecular weight excluding hydrogens is 551 g/mol. The van der Waals surface area contributed by atoms with Gasteiger partial charge in [-0.15, -0.1) is 21.5 Å². The lowest BCUT2D eigenvalue weighted by Gasteiger charge is -2.08. The minimum Gasteiger partial charge on any atom is -0.465 e. The summed E-state index contributed by atoms with van der Waals surface area (Å²) >= 11 is 20.7. The number of thiophene rings is 1. The summed E-state index contributed by atoms with van der Waals surface area (Å²) in [5.74, 6) is -0.251. The van der Waals surface area contributed by atoms with Crippen LogP contribution in [0.4, 0.5) is 5.00 Å². The van der Waals surface area contributed by atoms with Crippen molar-refractivity contribution in [1.82, 2.24) is 14.8 Å². The van der Waals surface area contributed by atoms with E-state index < -0.39 is 5.97 Å². The van der Waals surface area contributed by atoms with E-state index in [9.17, 15) is 9.59 Å². The molecule has 12 heteroatoms. The first kappa shape index (κ1) is 25.5. The van der Waals surface area contributed by atoms with Crippen molar-refractivity contribution in [2.45, 2.75) is 5.16 Å². The third-order valence-electron chi connectivity index (χ3n) is 4.93. The molecule has 2 aromatic heterocycles. The van der Waals surface area contributed by atoms with Crippen molar-refractivity contribution >= 4 is 74.8 Å². The van der Waals surface area contributed by atoms with Gasteiger partial charge in [0.15, 0.2) is 11.0 Å². The topological polar surface area (TPSA) is 86.1 Å². The summed E-state index contributed by atoms with van der Waals surface area (Å²) in [5.41, 5.74) is 2.41. The van der Waals surface area contributed by atoms with Gasteiger partial charge in [-0.3, -0.25) is 4.79 Å². The van der Waals surface area contributed by atoms with Gasteiger partial charge >= 0.3 is 5.97 Å². The maximum atomic E-state index is 12.7. The van der Waals surface area contributed by atoms with E-state index in [-0.39, 0.29) is 17.2 Å². The number of rotatable bonds is 7. The Morgan fingerprint density at radius 2 is 1.77 bits per heavy atom. The molecule has 0 saturated heterocycles. The molecule has 0 spiro atoms. The Morgan fingerprint density at radius 1 is 1.06 bits per heavy atom. The molecule has 2 aromatic carbocycles. The molecule has 180 valence electrons. The van der Waals surface area contributed by atoms with Crippen LogP contribution in [0, 0.1) is 0 Å². The van der Waals surface area contributed by atoms with Crippen molar-refractivity contribution in [2.24, 2.45) is 7.05 Å². The van der Waals surface area contributed by atoms with Crippen molar-refractivity contribution in [2.75, 3.05) is 18.2 Å². The van der Waals surface area contributed by atoms with Gasteiger partial charge in [-0.05, 0) is 35.9 Å². The minimum atomic E-state index is -0.545. The third-order valence-corrected chi connectivity index (χ3v) is 7.64. The molecule has 0 unspecified atom stereocenters. The predicted molar refractivity (Wildman–Crippen MR) is 142 cm³/mol. The van der Waals surface area contributed by atoms with Crippen LogP contribution < -0.4 is 5.32 Å². The summed E-state index contributed by atoms with van der Waals surface area (Å²) in [6.45, 7) is 0. The van der Waals surface area contributed by atoms with Crippen molar-refractivity contribution in [3.05, 3.63) is 68.5 Å². The number of methoxy groups -OCH3 is 1. The molecule has 0 saturated carbocycles. The van der Waals surface area contributed by atoms with E-state index in [1.54, 1.807) is 59.5 Å². The van der Waals surface area contributed by atoms with Crippen LogP contribution in [-0.4, -0.2) is 39.5 Å². The van der Waals surface area contributed by atoms with Gasteiger partial charge < -0.3 is 14.6 Å². The molecule has 4 rings (SSSR count). The summed E-state index contributed by atoms with van der Waals surface area (Å²) in [5, 5.41) is 15.5. The Kier molecular flexibility index (Phi) is 8.03. The van der Waals surface area contributed by atoms with E-state index in [4.69, 9.17) is 39.5 Å². The molecule has 2 heterocycles. The lowest BCUT2D eigenvalue weighted by molar-refractivity contribution is -0.113. The number of ether oxygens (including phenoxy) is 1. The number of carbonyl (C=O) groups is 2. The molecule has 4 aromatic rings. The number of aromatic nitrogens is 3. The van der Waals surface area contributed by atoms with Crippen LogP contribution in [0.2, 0.25) is 15.1 Å². The van der Waals surface area contributed by atoms with E-state index in [2.05, 4.69) is 15.5 Å². The number of benzene rings is 2. The van der Waals surface area contributed by atoms with Gasteiger partial charge in [-0.25, -0.2) is 4.79 Å². The van der Waals surface area contributed by atoms with E-state index in [0.717, 1.165) is 5.56 Å². The molecule has 0 fully saturated rings. The highest BCUT2D eigenvalue weighted by Gasteiger charge is 2.23. The molecule has 0 atom stereocenters. The van der Waals surface area contributed by atoms with Gasteiger partial charge in [0.2, 0.25) is 5.91 Å². The third kappa shape index (κ3) is 5.65. The van der Waals surface area contributed by atoms with Crippen LogP contribution in [0.1, 0.15) is 10.4 Å². The standard InChI is InChI=1S/C23H17Cl3N4O3S2/c1-30-20(15-8-7-14(25)9-17(15)26)28-29-23(30)35-11-18(31)27-21-19(22(32)33-2)16(10-34-21)12-3-5-13(24)6-4-12/h3-10H,11H2,1-2H3,(H,27,31). The van der Waals surface area contributed by atoms with Crippen molar-refractivity contribution in [3.63, 3.8) is 0 Å². The van der Waals surface area contributed by atoms with E-state index in [1.807, 2.05) is 0 Å². The first-order valence-electron chi connectivity index (χ1n) is 10.0. The largest absolute Gasteiger partial charge is 0.465 e. The Hall–Kier alpha value is -2.56. The number of anilines is 1. The zero-order chi connectivity index (χ0) is 25.1. The van der Waals surface area contributed by atoms with Crippen LogP contribution in [-0.2, 0) is 16.6 Å². The number of nitrogens with one attached hydrogen (secondary N) is 1. The van der Waals surface area contributed by atoms with Gasteiger partial charge in [-0.1, -0.05) is 58.7 Å². The molecule has 0 aliphatic rings. The van der Waals surface area contributed by atoms with Gasteiger partial charge in [0.05, 0.1) is 17.9 Å². The fraction of sp³-hybridized carbons (Fsp3) is 0.130. The van der Waals surface area contributed by atoms with Gasteiger partial charge in [-0.2, -0.15) is 0 Å². The van der Waals surface area contributed by atoms with Crippen LogP contribution in [0.5, 0.6) is 0 Å². The van der Waals surface area contributed by atoms with Gasteiger partial charge in [0, 0.05) is 33.6 Å². The average Bonchev–Trinajstić information content (AvgIpc) is 3.41. The second-order valence-electron chi connectivity index (χ2n) is 7.18. The average molecular weight is 568 g/mol. The molecular formula is C23H17Cl3N4O3S2. The number of hydrogen-bond donors (Lipinski definition) is 1. The van der Waals surface area contributed by atoms with Gasteiger partial charge in [0.25, 0.3) is 0 Å². The summed E-state index contributed by atoms with van der Waals surface area (Å²) in [4.78, 5) is 25.2. The lowest BCUT2D eigenvalue weighted by atomic mass is 10.0. The Bertz CT molecular complexity index is 1400. The first-order chi connectivity index (χ1) is 16.8. The molecule has 0 aliphatic carbocycles. The molecule has 1 N–H and O–H groups in total. The number of carbonyl (C=O) groups excluding carboxylic acids is 2. The fourth-order valence-corrected chi connectivity index (χ4v) is 5.54.